The van der Waals surface area contributed by atoms with Gasteiger partial charge in [-0.25, -0.2) is 4.98 Å². The number of aromatic nitrogens is 3. The van der Waals surface area contributed by atoms with Crippen molar-refractivity contribution in [2.75, 3.05) is 6.61 Å². The highest BCUT2D eigenvalue weighted by Gasteiger charge is 2.15. The minimum atomic E-state index is -0.149. The number of benzene rings is 1. The second-order valence-corrected chi connectivity index (χ2v) is 5.46. The van der Waals surface area contributed by atoms with Gasteiger partial charge in [-0.2, -0.15) is 5.10 Å². The molecule has 0 aliphatic heterocycles. The number of aliphatic hydroxyl groups excluding tert-OH is 1. The van der Waals surface area contributed by atoms with Crippen molar-refractivity contribution in [1.82, 2.24) is 20.5 Å². The molecule has 1 aromatic heterocycles. The summed E-state index contributed by atoms with van der Waals surface area (Å²) in [6.07, 6.45) is 0.800. The van der Waals surface area contributed by atoms with E-state index in [0.717, 1.165) is 17.8 Å². The lowest BCUT2D eigenvalue weighted by atomic mass is 10.0. The Hall–Kier alpha value is -2.21. The molecule has 0 saturated carbocycles. The van der Waals surface area contributed by atoms with Gasteiger partial charge in [-0.1, -0.05) is 26.0 Å². The predicted molar refractivity (Wildman–Crippen MR) is 84.4 cm³/mol. The first kappa shape index (κ1) is 16.2. The number of carbonyl (C=O) groups excluding carboxylic acids is 1. The highest BCUT2D eigenvalue weighted by atomic mass is 16.3. The molecule has 0 spiro atoms. The van der Waals surface area contributed by atoms with E-state index in [4.69, 9.17) is 5.11 Å². The number of carbonyl (C=O) groups is 1. The summed E-state index contributed by atoms with van der Waals surface area (Å²) in [4.78, 5) is 16.5. The molecule has 1 aromatic carbocycles. The van der Waals surface area contributed by atoms with Crippen molar-refractivity contribution in [3.05, 3.63) is 35.7 Å². The van der Waals surface area contributed by atoms with Crippen molar-refractivity contribution >= 4 is 5.91 Å². The van der Waals surface area contributed by atoms with Gasteiger partial charge in [0.15, 0.2) is 5.82 Å². The molecule has 0 aliphatic carbocycles. The fourth-order valence-electron chi connectivity index (χ4n) is 1.94. The van der Waals surface area contributed by atoms with Gasteiger partial charge in [0.05, 0.1) is 0 Å². The molecule has 6 nitrogen and oxygen atoms in total. The van der Waals surface area contributed by atoms with Gasteiger partial charge < -0.3 is 10.4 Å². The summed E-state index contributed by atoms with van der Waals surface area (Å²) in [6, 6.07) is 7.08. The van der Waals surface area contributed by atoms with E-state index < -0.39 is 0 Å². The largest absolute Gasteiger partial charge is 0.396 e. The van der Waals surface area contributed by atoms with Crippen molar-refractivity contribution in [3.63, 3.8) is 0 Å². The molecular formula is C16H22N4O2. The van der Waals surface area contributed by atoms with Crippen LogP contribution in [0, 0.1) is 5.92 Å². The molecule has 6 heteroatoms. The molecule has 1 heterocycles. The Morgan fingerprint density at radius 3 is 2.55 bits per heavy atom. The predicted octanol–water partition coefficient (Wildman–Crippen LogP) is 1.78. The van der Waals surface area contributed by atoms with Crippen LogP contribution in [0.5, 0.6) is 0 Å². The van der Waals surface area contributed by atoms with Gasteiger partial charge in [0.25, 0.3) is 5.91 Å². The van der Waals surface area contributed by atoms with Gasteiger partial charge in [-0.15, -0.1) is 0 Å². The van der Waals surface area contributed by atoms with Crippen LogP contribution in [0.25, 0.3) is 11.4 Å². The van der Waals surface area contributed by atoms with Gasteiger partial charge in [-0.3, -0.25) is 9.89 Å². The first-order valence-corrected chi connectivity index (χ1v) is 7.48. The lowest BCUT2D eigenvalue weighted by Crippen LogP contribution is -2.38. The second kappa shape index (κ2) is 7.17. The van der Waals surface area contributed by atoms with Gasteiger partial charge >= 0.3 is 0 Å². The zero-order valence-electron chi connectivity index (χ0n) is 13.1. The van der Waals surface area contributed by atoms with E-state index in [1.807, 2.05) is 32.9 Å². The number of H-pyrrole nitrogens is 1. The third kappa shape index (κ3) is 3.71. The quantitative estimate of drug-likeness (QED) is 0.758. The fourth-order valence-corrected chi connectivity index (χ4v) is 1.94. The summed E-state index contributed by atoms with van der Waals surface area (Å²) >= 11 is 0. The van der Waals surface area contributed by atoms with Crippen molar-refractivity contribution in [2.45, 2.75) is 33.2 Å². The molecule has 0 fully saturated rings. The number of hydrogen-bond donors (Lipinski definition) is 3. The number of rotatable bonds is 6. The molecule has 0 saturated heterocycles. The molecule has 22 heavy (non-hydrogen) atoms. The molecule has 1 amide bonds. The summed E-state index contributed by atoms with van der Waals surface area (Å²) in [5.74, 6) is 1.34. The van der Waals surface area contributed by atoms with Crippen LogP contribution in [0.1, 0.15) is 37.0 Å². The molecule has 2 unspecified atom stereocenters. The Kier molecular flexibility index (Phi) is 5.27. The number of aliphatic hydroxyl groups is 1. The van der Waals surface area contributed by atoms with E-state index in [1.165, 1.54) is 0 Å². The Bertz CT molecular complexity index is 621. The summed E-state index contributed by atoms with van der Waals surface area (Å²) < 4.78 is 0. The number of aryl methyl sites for hydroxylation is 1. The number of hydrogen-bond acceptors (Lipinski definition) is 4. The van der Waals surface area contributed by atoms with E-state index in [2.05, 4.69) is 20.5 Å². The van der Waals surface area contributed by atoms with Crippen molar-refractivity contribution in [1.29, 1.82) is 0 Å². The van der Waals surface area contributed by atoms with E-state index >= 15 is 0 Å². The summed E-state index contributed by atoms with van der Waals surface area (Å²) in [5, 5.41) is 19.0. The third-order valence-corrected chi connectivity index (χ3v) is 3.77. The molecular weight excluding hydrogens is 280 g/mol. The fraction of sp³-hybridized carbons (Fsp3) is 0.438. The van der Waals surface area contributed by atoms with Crippen molar-refractivity contribution < 1.29 is 9.90 Å². The molecule has 0 bridgehead atoms. The number of nitrogens with zero attached hydrogens (tertiary/aromatic N) is 2. The number of aromatic amines is 1. The monoisotopic (exact) mass is 302 g/mol. The van der Waals surface area contributed by atoms with Gasteiger partial charge in [0.1, 0.15) is 5.82 Å². The van der Waals surface area contributed by atoms with Crippen LogP contribution in [0.4, 0.5) is 0 Å². The Labute approximate surface area is 130 Å². The zero-order valence-corrected chi connectivity index (χ0v) is 13.1. The smallest absolute Gasteiger partial charge is 0.251 e. The first-order valence-electron chi connectivity index (χ1n) is 7.48. The van der Waals surface area contributed by atoms with E-state index in [0.29, 0.717) is 11.4 Å². The second-order valence-electron chi connectivity index (χ2n) is 5.46. The van der Waals surface area contributed by atoms with Crippen LogP contribution < -0.4 is 5.32 Å². The van der Waals surface area contributed by atoms with E-state index in [-0.39, 0.29) is 24.5 Å². The van der Waals surface area contributed by atoms with Gasteiger partial charge in [0, 0.05) is 30.2 Å². The maximum Gasteiger partial charge on any atom is 0.251 e. The van der Waals surface area contributed by atoms with Crippen molar-refractivity contribution in [3.8, 4) is 11.4 Å². The number of nitrogens with one attached hydrogen (secondary N) is 2. The Morgan fingerprint density at radius 2 is 2.00 bits per heavy atom. The normalized spacial score (nSPS) is 13.6. The molecule has 0 aliphatic rings. The third-order valence-electron chi connectivity index (χ3n) is 3.77. The maximum atomic E-state index is 12.1. The summed E-state index contributed by atoms with van der Waals surface area (Å²) in [7, 11) is 0. The SMILES string of the molecule is CCc1nc(-c2ccc(C(=O)NC(C)C(C)CO)cc2)n[nH]1. The average molecular weight is 302 g/mol. The maximum absolute atomic E-state index is 12.1. The summed E-state index contributed by atoms with van der Waals surface area (Å²) in [5.41, 5.74) is 1.44. The molecule has 2 aromatic rings. The zero-order chi connectivity index (χ0) is 16.1. The standard InChI is InChI=1S/C16H22N4O2/c1-4-14-18-15(20-19-14)12-5-7-13(8-6-12)16(22)17-11(3)10(2)9-21/h5-8,10-11,21H,4,9H2,1-3H3,(H,17,22)(H,18,19,20). The van der Waals surface area contributed by atoms with E-state index in [9.17, 15) is 4.79 Å². The molecule has 118 valence electrons. The molecule has 3 N–H and O–H groups in total. The van der Waals surface area contributed by atoms with Crippen molar-refractivity contribution in [2.24, 2.45) is 5.92 Å². The Balaban J connectivity index is 2.06. The first-order chi connectivity index (χ1) is 10.5. The van der Waals surface area contributed by atoms with Crippen LogP contribution in [0.2, 0.25) is 0 Å². The Morgan fingerprint density at radius 1 is 1.32 bits per heavy atom. The highest BCUT2D eigenvalue weighted by Crippen LogP contribution is 2.16. The molecule has 0 radical (unpaired) electrons. The minimum absolute atomic E-state index is 0.0175. The molecule has 2 rings (SSSR count). The lowest BCUT2D eigenvalue weighted by molar-refractivity contribution is 0.0916. The summed E-state index contributed by atoms with van der Waals surface area (Å²) in [6.45, 7) is 5.83. The molecule has 2 atom stereocenters. The lowest BCUT2D eigenvalue weighted by Gasteiger charge is -2.19. The minimum Gasteiger partial charge on any atom is -0.396 e. The number of amides is 1. The van der Waals surface area contributed by atoms with Crippen LogP contribution in [-0.2, 0) is 6.42 Å². The van der Waals surface area contributed by atoms with Gasteiger partial charge in [0.2, 0.25) is 0 Å². The average Bonchev–Trinajstić information content (AvgIpc) is 3.03. The van der Waals surface area contributed by atoms with Crippen LogP contribution >= 0.6 is 0 Å². The van der Waals surface area contributed by atoms with Gasteiger partial charge in [-0.05, 0) is 25.0 Å². The van der Waals surface area contributed by atoms with Crippen LogP contribution in [0.15, 0.2) is 24.3 Å². The van der Waals surface area contributed by atoms with E-state index in [1.54, 1.807) is 12.1 Å². The topological polar surface area (TPSA) is 90.9 Å². The van der Waals surface area contributed by atoms with Crippen LogP contribution in [0.3, 0.4) is 0 Å². The van der Waals surface area contributed by atoms with Crippen LogP contribution in [-0.4, -0.2) is 38.8 Å². The highest BCUT2D eigenvalue weighted by molar-refractivity contribution is 5.94.